The molecule has 0 saturated carbocycles. The van der Waals surface area contributed by atoms with Crippen LogP contribution >= 0.6 is 0 Å². The van der Waals surface area contributed by atoms with Crippen LogP contribution in [0.25, 0.3) is 0 Å². The summed E-state index contributed by atoms with van der Waals surface area (Å²) in [6, 6.07) is 15.5. The number of esters is 2. The molecule has 0 radical (unpaired) electrons. The molecular weight excluding hydrogens is 346 g/mol. The fourth-order valence-corrected chi connectivity index (χ4v) is 3.01. The highest BCUT2D eigenvalue weighted by Gasteiger charge is 2.23. The molecular formula is C21H21NO5. The van der Waals surface area contributed by atoms with E-state index in [-0.39, 0.29) is 11.8 Å². The third-order valence-corrected chi connectivity index (χ3v) is 4.36. The minimum absolute atomic E-state index is 0.0114. The average molecular weight is 367 g/mol. The largest absolute Gasteiger partial charge is 0.486 e. The van der Waals surface area contributed by atoms with Gasteiger partial charge in [0.1, 0.15) is 17.6 Å². The molecule has 0 saturated heterocycles. The Labute approximate surface area is 157 Å². The van der Waals surface area contributed by atoms with E-state index in [1.165, 1.54) is 25.3 Å². The lowest BCUT2D eigenvalue weighted by Gasteiger charge is -2.15. The molecule has 3 rings (SSSR count). The molecule has 1 atom stereocenters. The summed E-state index contributed by atoms with van der Waals surface area (Å²) >= 11 is 0. The molecule has 1 unspecified atom stereocenters. The number of hydrogen-bond acceptors (Lipinski definition) is 6. The van der Waals surface area contributed by atoms with Gasteiger partial charge in [0.15, 0.2) is 0 Å². The SMILES string of the molecule is COC(=O)/C=C(/Nc1ccc(OC2CCc3ccccc32)cc1)C(=O)OC. The van der Waals surface area contributed by atoms with Crippen molar-refractivity contribution in [3.8, 4) is 5.75 Å². The lowest BCUT2D eigenvalue weighted by atomic mass is 10.1. The van der Waals surface area contributed by atoms with E-state index in [2.05, 4.69) is 26.9 Å². The van der Waals surface area contributed by atoms with E-state index in [0.717, 1.165) is 24.7 Å². The topological polar surface area (TPSA) is 73.9 Å². The third-order valence-electron chi connectivity index (χ3n) is 4.36. The highest BCUT2D eigenvalue weighted by atomic mass is 16.5. The zero-order valence-corrected chi connectivity index (χ0v) is 15.2. The van der Waals surface area contributed by atoms with E-state index in [9.17, 15) is 9.59 Å². The van der Waals surface area contributed by atoms with Crippen LogP contribution in [0.5, 0.6) is 5.75 Å². The van der Waals surface area contributed by atoms with Crippen LogP contribution in [0.3, 0.4) is 0 Å². The second-order valence-corrected chi connectivity index (χ2v) is 6.07. The fourth-order valence-electron chi connectivity index (χ4n) is 3.01. The van der Waals surface area contributed by atoms with Gasteiger partial charge in [0, 0.05) is 5.69 Å². The smallest absolute Gasteiger partial charge is 0.354 e. The maximum Gasteiger partial charge on any atom is 0.354 e. The number of ether oxygens (including phenoxy) is 3. The second-order valence-electron chi connectivity index (χ2n) is 6.07. The van der Waals surface area contributed by atoms with E-state index in [4.69, 9.17) is 4.74 Å². The van der Waals surface area contributed by atoms with Gasteiger partial charge in [-0.15, -0.1) is 0 Å². The normalized spacial score (nSPS) is 15.6. The summed E-state index contributed by atoms with van der Waals surface area (Å²) in [5, 5.41) is 2.86. The van der Waals surface area contributed by atoms with Gasteiger partial charge < -0.3 is 19.5 Å². The Morgan fingerprint density at radius 3 is 2.48 bits per heavy atom. The maximum absolute atomic E-state index is 11.8. The standard InChI is InChI=1S/C21H21NO5/c1-25-20(23)13-18(21(24)26-2)22-15-8-10-16(11-9-15)27-19-12-7-14-5-3-4-6-17(14)19/h3-6,8-11,13,19,22H,7,12H2,1-2H3/b18-13+. The van der Waals surface area contributed by atoms with Crippen molar-refractivity contribution in [1.29, 1.82) is 0 Å². The van der Waals surface area contributed by atoms with E-state index >= 15 is 0 Å². The number of hydrogen-bond donors (Lipinski definition) is 1. The van der Waals surface area contributed by atoms with Gasteiger partial charge in [0.05, 0.1) is 20.3 Å². The van der Waals surface area contributed by atoms with Crippen molar-refractivity contribution in [2.45, 2.75) is 18.9 Å². The summed E-state index contributed by atoms with van der Waals surface area (Å²) in [5.74, 6) is -0.579. The first-order chi connectivity index (χ1) is 13.1. The molecule has 2 aromatic rings. The van der Waals surface area contributed by atoms with Crippen LogP contribution in [-0.4, -0.2) is 26.2 Å². The Morgan fingerprint density at radius 2 is 1.78 bits per heavy atom. The molecule has 140 valence electrons. The fraction of sp³-hybridized carbons (Fsp3) is 0.238. The first-order valence-corrected chi connectivity index (χ1v) is 8.60. The second kappa shape index (κ2) is 8.40. The number of fused-ring (bicyclic) bond motifs is 1. The molecule has 6 nitrogen and oxygen atoms in total. The molecule has 27 heavy (non-hydrogen) atoms. The van der Waals surface area contributed by atoms with Crippen molar-refractivity contribution in [2.24, 2.45) is 0 Å². The molecule has 2 aromatic carbocycles. The van der Waals surface area contributed by atoms with Gasteiger partial charge in [0.25, 0.3) is 0 Å². The quantitative estimate of drug-likeness (QED) is 0.623. The molecule has 0 aliphatic heterocycles. The van der Waals surface area contributed by atoms with Crippen molar-refractivity contribution in [3.63, 3.8) is 0 Å². The molecule has 0 aromatic heterocycles. The Bertz CT molecular complexity index is 857. The van der Waals surface area contributed by atoms with Gasteiger partial charge in [-0.25, -0.2) is 9.59 Å². The summed E-state index contributed by atoms with van der Waals surface area (Å²) in [4.78, 5) is 23.2. The number of anilines is 1. The number of rotatable bonds is 6. The predicted octanol–water partition coefficient (Wildman–Crippen LogP) is 3.39. The molecule has 0 amide bonds. The lowest BCUT2D eigenvalue weighted by molar-refractivity contribution is -0.138. The number of benzene rings is 2. The van der Waals surface area contributed by atoms with Crippen LogP contribution in [0.4, 0.5) is 5.69 Å². The van der Waals surface area contributed by atoms with Crippen molar-refractivity contribution >= 4 is 17.6 Å². The summed E-state index contributed by atoms with van der Waals surface area (Å²) < 4.78 is 15.3. The van der Waals surface area contributed by atoms with Gasteiger partial charge in [-0.2, -0.15) is 0 Å². The van der Waals surface area contributed by atoms with Crippen LogP contribution in [0.15, 0.2) is 60.3 Å². The molecule has 0 spiro atoms. The lowest BCUT2D eigenvalue weighted by Crippen LogP contribution is -2.15. The van der Waals surface area contributed by atoms with Crippen molar-refractivity contribution < 1.29 is 23.8 Å². The van der Waals surface area contributed by atoms with Gasteiger partial charge in [-0.05, 0) is 48.2 Å². The predicted molar refractivity (Wildman–Crippen MR) is 100 cm³/mol. The molecule has 1 aliphatic carbocycles. The first-order valence-electron chi connectivity index (χ1n) is 8.60. The number of carbonyl (C=O) groups is 2. The monoisotopic (exact) mass is 367 g/mol. The van der Waals surface area contributed by atoms with Crippen molar-refractivity contribution in [2.75, 3.05) is 19.5 Å². The first kappa shape index (κ1) is 18.5. The van der Waals surface area contributed by atoms with E-state index < -0.39 is 11.9 Å². The maximum atomic E-state index is 11.8. The third kappa shape index (κ3) is 4.47. The molecule has 0 fully saturated rings. The molecule has 6 heteroatoms. The van der Waals surface area contributed by atoms with Crippen molar-refractivity contribution in [1.82, 2.24) is 0 Å². The van der Waals surface area contributed by atoms with Gasteiger partial charge in [0.2, 0.25) is 0 Å². The van der Waals surface area contributed by atoms with Crippen LogP contribution in [-0.2, 0) is 25.5 Å². The highest BCUT2D eigenvalue weighted by molar-refractivity contribution is 5.98. The number of aryl methyl sites for hydroxylation is 1. The zero-order chi connectivity index (χ0) is 19.2. The van der Waals surface area contributed by atoms with Gasteiger partial charge in [-0.3, -0.25) is 0 Å². The number of nitrogens with one attached hydrogen (secondary N) is 1. The summed E-state index contributed by atoms with van der Waals surface area (Å²) in [6.45, 7) is 0. The zero-order valence-electron chi connectivity index (χ0n) is 15.2. The van der Waals surface area contributed by atoms with Crippen LogP contribution in [0.2, 0.25) is 0 Å². The Kier molecular flexibility index (Phi) is 5.76. The average Bonchev–Trinajstić information content (AvgIpc) is 3.11. The molecule has 0 heterocycles. The van der Waals surface area contributed by atoms with Gasteiger partial charge in [-0.1, -0.05) is 24.3 Å². The molecule has 0 bridgehead atoms. The summed E-state index contributed by atoms with van der Waals surface area (Å²) in [5.41, 5.74) is 3.17. The highest BCUT2D eigenvalue weighted by Crippen LogP contribution is 2.35. The van der Waals surface area contributed by atoms with Crippen LogP contribution < -0.4 is 10.1 Å². The Hall–Kier alpha value is -3.28. The van der Waals surface area contributed by atoms with E-state index in [1.807, 2.05) is 24.3 Å². The van der Waals surface area contributed by atoms with E-state index in [0.29, 0.717) is 5.69 Å². The van der Waals surface area contributed by atoms with Crippen LogP contribution in [0.1, 0.15) is 23.7 Å². The van der Waals surface area contributed by atoms with Crippen LogP contribution in [0, 0.1) is 0 Å². The summed E-state index contributed by atoms with van der Waals surface area (Å²) in [6.07, 6.45) is 3.06. The minimum Gasteiger partial charge on any atom is -0.486 e. The van der Waals surface area contributed by atoms with Gasteiger partial charge >= 0.3 is 11.9 Å². The van der Waals surface area contributed by atoms with Crippen molar-refractivity contribution in [3.05, 3.63) is 71.4 Å². The Morgan fingerprint density at radius 1 is 1.04 bits per heavy atom. The number of methoxy groups -OCH3 is 2. The molecule has 1 N–H and O–H groups in total. The molecule has 1 aliphatic rings. The van der Waals surface area contributed by atoms with E-state index in [1.54, 1.807) is 12.1 Å². The number of carbonyl (C=O) groups excluding carboxylic acids is 2. The summed E-state index contributed by atoms with van der Waals surface area (Å²) in [7, 11) is 2.48. The Balaban J connectivity index is 1.69. The minimum atomic E-state index is -0.664.